The van der Waals surface area contributed by atoms with Crippen molar-refractivity contribution in [1.29, 1.82) is 0 Å². The number of piperidine rings is 1. The molecule has 28 heavy (non-hydrogen) atoms. The van der Waals surface area contributed by atoms with Crippen LogP contribution in [0, 0.1) is 0 Å². The Morgan fingerprint density at radius 2 is 1.93 bits per heavy atom. The molecule has 1 unspecified atom stereocenters. The van der Waals surface area contributed by atoms with Gasteiger partial charge in [0, 0.05) is 57.7 Å². The van der Waals surface area contributed by atoms with Crippen LogP contribution < -0.4 is 9.64 Å². The topological polar surface area (TPSA) is 61.8 Å². The highest BCUT2D eigenvalue weighted by Gasteiger charge is 2.31. The quantitative estimate of drug-likeness (QED) is 0.806. The molecule has 2 saturated heterocycles. The van der Waals surface area contributed by atoms with Gasteiger partial charge in [-0.25, -0.2) is 4.98 Å². The summed E-state index contributed by atoms with van der Waals surface area (Å²) >= 11 is 0. The van der Waals surface area contributed by atoms with Crippen molar-refractivity contribution in [3.63, 3.8) is 0 Å². The van der Waals surface area contributed by atoms with Crippen LogP contribution in [0.1, 0.15) is 23.3 Å². The summed E-state index contributed by atoms with van der Waals surface area (Å²) in [5.74, 6) is 0.916. The van der Waals surface area contributed by atoms with Crippen molar-refractivity contribution in [2.45, 2.75) is 18.9 Å². The molecule has 2 aliphatic heterocycles. The smallest absolute Gasteiger partial charge is 0.274 e. The standard InChI is InChI=1S/C21H27N5O2/c1-28-20-7-3-2-6-19(20)25-13-11-24(12-14-25)17-5-4-10-26(16-17)21(27)18-15-22-8-9-23-18/h2-3,6-9,15,17H,4-5,10-14,16H2,1H3. The summed E-state index contributed by atoms with van der Waals surface area (Å²) in [5.41, 5.74) is 1.59. The molecule has 0 radical (unpaired) electrons. The third-order valence-electron chi connectivity index (χ3n) is 5.72. The maximum Gasteiger partial charge on any atom is 0.274 e. The average Bonchev–Trinajstić information content (AvgIpc) is 2.79. The van der Waals surface area contributed by atoms with E-state index in [0.717, 1.165) is 63.5 Å². The highest BCUT2D eigenvalue weighted by atomic mass is 16.5. The normalized spacial score (nSPS) is 20.8. The first-order valence-corrected chi connectivity index (χ1v) is 9.93. The van der Waals surface area contributed by atoms with Crippen molar-refractivity contribution in [2.75, 3.05) is 51.3 Å². The van der Waals surface area contributed by atoms with Gasteiger partial charge in [0.05, 0.1) is 19.0 Å². The number of para-hydroxylation sites is 2. The van der Waals surface area contributed by atoms with Crippen LogP contribution in [-0.4, -0.2) is 78.1 Å². The van der Waals surface area contributed by atoms with E-state index in [1.54, 1.807) is 25.7 Å². The minimum Gasteiger partial charge on any atom is -0.495 e. The molecule has 1 aromatic carbocycles. The third kappa shape index (κ3) is 3.94. The van der Waals surface area contributed by atoms with Gasteiger partial charge in [-0.3, -0.25) is 14.7 Å². The van der Waals surface area contributed by atoms with Crippen molar-refractivity contribution in [2.24, 2.45) is 0 Å². The van der Waals surface area contributed by atoms with E-state index in [1.807, 2.05) is 17.0 Å². The molecule has 0 aliphatic carbocycles. The monoisotopic (exact) mass is 381 g/mol. The molecule has 3 heterocycles. The third-order valence-corrected chi connectivity index (χ3v) is 5.72. The molecule has 0 saturated carbocycles. The molecule has 2 aromatic rings. The Kier molecular flexibility index (Phi) is 5.71. The summed E-state index contributed by atoms with van der Waals surface area (Å²) < 4.78 is 5.51. The van der Waals surface area contributed by atoms with Gasteiger partial charge >= 0.3 is 0 Å². The lowest BCUT2D eigenvalue weighted by molar-refractivity contribution is 0.0557. The molecule has 0 N–H and O–H groups in total. The largest absolute Gasteiger partial charge is 0.495 e. The molecule has 0 spiro atoms. The second-order valence-electron chi connectivity index (χ2n) is 7.33. The van der Waals surface area contributed by atoms with Crippen molar-refractivity contribution in [3.05, 3.63) is 48.5 Å². The van der Waals surface area contributed by atoms with E-state index >= 15 is 0 Å². The minimum absolute atomic E-state index is 0.00884. The molecule has 0 bridgehead atoms. The maximum atomic E-state index is 12.7. The molecule has 148 valence electrons. The van der Waals surface area contributed by atoms with Gasteiger partial charge in [0.2, 0.25) is 0 Å². The summed E-state index contributed by atoms with van der Waals surface area (Å²) in [5, 5.41) is 0. The Bertz CT molecular complexity index is 792. The van der Waals surface area contributed by atoms with E-state index in [1.165, 1.54) is 0 Å². The van der Waals surface area contributed by atoms with Gasteiger partial charge in [-0.15, -0.1) is 0 Å². The first-order chi connectivity index (χ1) is 13.8. The number of amides is 1. The predicted octanol–water partition coefficient (Wildman–Crippen LogP) is 1.91. The molecule has 1 amide bonds. The van der Waals surface area contributed by atoms with E-state index in [2.05, 4.69) is 31.9 Å². The Balaban J connectivity index is 1.36. The predicted molar refractivity (Wildman–Crippen MR) is 108 cm³/mol. The number of nitrogens with zero attached hydrogens (tertiary/aromatic N) is 5. The molecule has 2 aliphatic rings. The van der Waals surface area contributed by atoms with Crippen LogP contribution in [0.25, 0.3) is 0 Å². The van der Waals surface area contributed by atoms with Crippen LogP contribution in [-0.2, 0) is 0 Å². The summed E-state index contributed by atoms with van der Waals surface area (Å²) in [7, 11) is 1.72. The maximum absolute atomic E-state index is 12.7. The van der Waals surface area contributed by atoms with Crippen molar-refractivity contribution in [1.82, 2.24) is 19.8 Å². The van der Waals surface area contributed by atoms with Gasteiger partial charge in [0.1, 0.15) is 11.4 Å². The zero-order valence-corrected chi connectivity index (χ0v) is 16.3. The summed E-state index contributed by atoms with van der Waals surface area (Å²) in [6.07, 6.45) is 6.89. The number of hydrogen-bond donors (Lipinski definition) is 0. The number of ether oxygens (including phenoxy) is 1. The lowest BCUT2D eigenvalue weighted by Gasteiger charge is -2.44. The molecular weight excluding hydrogens is 354 g/mol. The average molecular weight is 381 g/mol. The van der Waals surface area contributed by atoms with E-state index in [-0.39, 0.29) is 5.91 Å². The second-order valence-corrected chi connectivity index (χ2v) is 7.33. The van der Waals surface area contributed by atoms with Crippen molar-refractivity contribution in [3.8, 4) is 5.75 Å². The van der Waals surface area contributed by atoms with Crippen LogP contribution in [0.15, 0.2) is 42.9 Å². The molecule has 1 aromatic heterocycles. The number of hydrogen-bond acceptors (Lipinski definition) is 6. The van der Waals surface area contributed by atoms with Crippen LogP contribution in [0.4, 0.5) is 5.69 Å². The van der Waals surface area contributed by atoms with Gasteiger partial charge in [-0.05, 0) is 25.0 Å². The van der Waals surface area contributed by atoms with Crippen molar-refractivity contribution < 1.29 is 9.53 Å². The number of rotatable bonds is 4. The second kappa shape index (κ2) is 8.56. The number of piperazine rings is 1. The zero-order valence-electron chi connectivity index (χ0n) is 16.3. The fraction of sp³-hybridized carbons (Fsp3) is 0.476. The minimum atomic E-state index is -0.00884. The van der Waals surface area contributed by atoms with Crippen LogP contribution in [0.5, 0.6) is 5.75 Å². The lowest BCUT2D eigenvalue weighted by Crippen LogP contribution is -2.56. The number of benzene rings is 1. The number of carbonyl (C=O) groups excluding carboxylic acids is 1. The van der Waals surface area contributed by atoms with Crippen LogP contribution >= 0.6 is 0 Å². The fourth-order valence-corrected chi connectivity index (χ4v) is 4.23. The Morgan fingerprint density at radius 3 is 2.68 bits per heavy atom. The zero-order chi connectivity index (χ0) is 19.3. The molecule has 4 rings (SSSR count). The van der Waals surface area contributed by atoms with Crippen LogP contribution in [0.3, 0.4) is 0 Å². The van der Waals surface area contributed by atoms with Gasteiger partial charge in [0.15, 0.2) is 0 Å². The van der Waals surface area contributed by atoms with Crippen molar-refractivity contribution >= 4 is 11.6 Å². The number of carbonyl (C=O) groups is 1. The van der Waals surface area contributed by atoms with E-state index in [4.69, 9.17) is 4.74 Å². The lowest BCUT2D eigenvalue weighted by atomic mass is 10.0. The molecular formula is C21H27N5O2. The van der Waals surface area contributed by atoms with E-state index < -0.39 is 0 Å². The van der Waals surface area contributed by atoms with Gasteiger partial charge < -0.3 is 14.5 Å². The Morgan fingerprint density at radius 1 is 1.11 bits per heavy atom. The van der Waals surface area contributed by atoms with Gasteiger partial charge in [-0.1, -0.05) is 12.1 Å². The fourth-order valence-electron chi connectivity index (χ4n) is 4.23. The van der Waals surface area contributed by atoms with E-state index in [9.17, 15) is 4.79 Å². The highest BCUT2D eigenvalue weighted by molar-refractivity contribution is 5.92. The molecule has 7 nitrogen and oxygen atoms in total. The van der Waals surface area contributed by atoms with Crippen LogP contribution in [0.2, 0.25) is 0 Å². The van der Waals surface area contributed by atoms with E-state index in [0.29, 0.717) is 11.7 Å². The first kappa shape index (κ1) is 18.7. The molecule has 1 atom stereocenters. The Hall–Kier alpha value is -2.67. The summed E-state index contributed by atoms with van der Waals surface area (Å²) in [6, 6.07) is 8.61. The number of methoxy groups -OCH3 is 1. The summed E-state index contributed by atoms with van der Waals surface area (Å²) in [6.45, 7) is 5.49. The number of anilines is 1. The molecule has 7 heteroatoms. The van der Waals surface area contributed by atoms with Gasteiger partial charge in [0.25, 0.3) is 5.91 Å². The number of likely N-dealkylation sites (tertiary alicyclic amines) is 1. The summed E-state index contributed by atoms with van der Waals surface area (Å²) in [4.78, 5) is 27.8. The first-order valence-electron chi connectivity index (χ1n) is 9.93. The number of aromatic nitrogens is 2. The Labute approximate surface area is 165 Å². The SMILES string of the molecule is COc1ccccc1N1CCN(C2CCCN(C(=O)c3cnccn3)C2)CC1. The highest BCUT2D eigenvalue weighted by Crippen LogP contribution is 2.29. The van der Waals surface area contributed by atoms with Gasteiger partial charge in [-0.2, -0.15) is 0 Å². The molecule has 2 fully saturated rings.